The van der Waals surface area contributed by atoms with E-state index in [1.165, 1.54) is 4.90 Å². The van der Waals surface area contributed by atoms with E-state index in [2.05, 4.69) is 4.98 Å². The number of hydrogen-bond acceptors (Lipinski definition) is 3. The van der Waals surface area contributed by atoms with Gasteiger partial charge in [0.25, 0.3) is 5.91 Å². The predicted molar refractivity (Wildman–Crippen MR) is 66.2 cm³/mol. The van der Waals surface area contributed by atoms with E-state index in [-0.39, 0.29) is 19.0 Å². The minimum Gasteiger partial charge on any atom is -0.388 e. The van der Waals surface area contributed by atoms with Crippen LogP contribution in [0.3, 0.4) is 0 Å². The van der Waals surface area contributed by atoms with E-state index in [0.717, 1.165) is 10.9 Å². The summed E-state index contributed by atoms with van der Waals surface area (Å²) in [5, 5.41) is 19.9. The van der Waals surface area contributed by atoms with Crippen LogP contribution in [0.15, 0.2) is 30.3 Å². The maximum absolute atomic E-state index is 12.2. The minimum atomic E-state index is -0.849. The SMILES string of the molecule is O=C(c1cc2ccccc2[nH]1)N1C[C@@H](O)[C@@H](O)C1. The number of nitrogens with one attached hydrogen (secondary N) is 1. The molecule has 5 nitrogen and oxygen atoms in total. The van der Waals surface area contributed by atoms with E-state index in [4.69, 9.17) is 0 Å². The maximum atomic E-state index is 12.2. The highest BCUT2D eigenvalue weighted by molar-refractivity contribution is 5.98. The second-order valence-corrected chi connectivity index (χ2v) is 4.62. The first-order valence-corrected chi connectivity index (χ1v) is 5.88. The summed E-state index contributed by atoms with van der Waals surface area (Å²) in [6.07, 6.45) is -1.70. The van der Waals surface area contributed by atoms with E-state index in [9.17, 15) is 15.0 Å². The van der Waals surface area contributed by atoms with Crippen LogP contribution in [0, 0.1) is 0 Å². The summed E-state index contributed by atoms with van der Waals surface area (Å²) in [5.41, 5.74) is 1.39. The van der Waals surface area contributed by atoms with Gasteiger partial charge in [-0.2, -0.15) is 0 Å². The molecule has 1 aromatic heterocycles. The van der Waals surface area contributed by atoms with Gasteiger partial charge in [-0.15, -0.1) is 0 Å². The number of H-pyrrole nitrogens is 1. The van der Waals surface area contributed by atoms with Gasteiger partial charge in [0.1, 0.15) is 5.69 Å². The first-order valence-electron chi connectivity index (χ1n) is 5.88. The molecule has 1 saturated heterocycles. The molecular weight excluding hydrogens is 232 g/mol. The molecule has 1 aliphatic rings. The van der Waals surface area contributed by atoms with Crippen LogP contribution < -0.4 is 0 Å². The van der Waals surface area contributed by atoms with Crippen LogP contribution in [0.5, 0.6) is 0 Å². The molecule has 1 aliphatic heterocycles. The van der Waals surface area contributed by atoms with Gasteiger partial charge in [-0.05, 0) is 12.1 Å². The first kappa shape index (κ1) is 11.3. The lowest BCUT2D eigenvalue weighted by Crippen LogP contribution is -2.30. The molecule has 3 rings (SSSR count). The number of rotatable bonds is 1. The van der Waals surface area contributed by atoms with E-state index >= 15 is 0 Å². The van der Waals surface area contributed by atoms with Crippen LogP contribution in [-0.2, 0) is 0 Å². The molecule has 0 unspecified atom stereocenters. The molecule has 2 heterocycles. The van der Waals surface area contributed by atoms with Crippen LogP contribution in [0.2, 0.25) is 0 Å². The number of fused-ring (bicyclic) bond motifs is 1. The van der Waals surface area contributed by atoms with Crippen LogP contribution >= 0.6 is 0 Å². The number of hydrogen-bond donors (Lipinski definition) is 3. The predicted octanol–water partition coefficient (Wildman–Crippen LogP) is 0.346. The van der Waals surface area contributed by atoms with E-state index in [1.807, 2.05) is 24.3 Å². The number of aromatic amines is 1. The molecule has 3 N–H and O–H groups in total. The average Bonchev–Trinajstić information content (AvgIpc) is 2.93. The van der Waals surface area contributed by atoms with Crippen molar-refractivity contribution in [1.82, 2.24) is 9.88 Å². The number of amides is 1. The third-order valence-electron chi connectivity index (χ3n) is 3.31. The van der Waals surface area contributed by atoms with Gasteiger partial charge in [0.2, 0.25) is 0 Å². The lowest BCUT2D eigenvalue weighted by atomic mass is 10.2. The number of aromatic nitrogens is 1. The molecule has 0 bridgehead atoms. The van der Waals surface area contributed by atoms with Crippen LogP contribution in [0.25, 0.3) is 10.9 Å². The minimum absolute atomic E-state index is 0.176. The molecule has 1 amide bonds. The number of aliphatic hydroxyl groups excluding tert-OH is 2. The number of carbonyl (C=O) groups excluding carboxylic acids is 1. The Morgan fingerprint density at radius 1 is 1.22 bits per heavy atom. The number of benzene rings is 1. The Morgan fingerprint density at radius 2 is 1.89 bits per heavy atom. The summed E-state index contributed by atoms with van der Waals surface area (Å²) in [4.78, 5) is 16.7. The standard InChI is InChI=1S/C13H14N2O3/c16-11-6-15(7-12(11)17)13(18)10-5-8-3-1-2-4-9(8)14-10/h1-5,11-12,14,16-17H,6-7H2/t11-,12+. The maximum Gasteiger partial charge on any atom is 0.270 e. The van der Waals surface area contributed by atoms with Gasteiger partial charge in [-0.1, -0.05) is 18.2 Å². The zero-order valence-electron chi connectivity index (χ0n) is 9.71. The second kappa shape index (κ2) is 4.12. The molecule has 2 atom stereocenters. The smallest absolute Gasteiger partial charge is 0.270 e. The number of carbonyl (C=O) groups is 1. The Morgan fingerprint density at radius 3 is 2.56 bits per heavy atom. The molecular formula is C13H14N2O3. The summed E-state index contributed by atoms with van der Waals surface area (Å²) in [7, 11) is 0. The van der Waals surface area contributed by atoms with Gasteiger partial charge < -0.3 is 20.1 Å². The zero-order chi connectivity index (χ0) is 12.7. The number of para-hydroxylation sites is 1. The van der Waals surface area contributed by atoms with Crippen LogP contribution in [0.1, 0.15) is 10.5 Å². The van der Waals surface area contributed by atoms with Crippen molar-refractivity contribution in [2.45, 2.75) is 12.2 Å². The lowest BCUT2D eigenvalue weighted by molar-refractivity contribution is 0.0572. The van der Waals surface area contributed by atoms with Crippen molar-refractivity contribution in [3.63, 3.8) is 0 Å². The fraction of sp³-hybridized carbons (Fsp3) is 0.308. The Balaban J connectivity index is 1.88. The highest BCUT2D eigenvalue weighted by Gasteiger charge is 2.33. The van der Waals surface area contributed by atoms with Crippen molar-refractivity contribution in [2.24, 2.45) is 0 Å². The number of nitrogens with zero attached hydrogens (tertiary/aromatic N) is 1. The second-order valence-electron chi connectivity index (χ2n) is 4.62. The topological polar surface area (TPSA) is 76.6 Å². The quantitative estimate of drug-likeness (QED) is 0.679. The summed E-state index contributed by atoms with van der Waals surface area (Å²) < 4.78 is 0. The van der Waals surface area contributed by atoms with Crippen molar-refractivity contribution < 1.29 is 15.0 Å². The molecule has 0 aliphatic carbocycles. The number of aliphatic hydroxyl groups is 2. The zero-order valence-corrected chi connectivity index (χ0v) is 9.71. The normalized spacial score (nSPS) is 23.8. The van der Waals surface area contributed by atoms with Gasteiger partial charge in [-0.3, -0.25) is 4.79 Å². The molecule has 1 fully saturated rings. The van der Waals surface area contributed by atoms with Crippen LogP contribution in [-0.4, -0.2) is 51.3 Å². The number of β-amino-alcohol motifs (C(OH)–C–C–N with tert-alkyl or cyclic N) is 2. The largest absolute Gasteiger partial charge is 0.388 e. The van der Waals surface area contributed by atoms with Crippen LogP contribution in [0.4, 0.5) is 0 Å². The van der Waals surface area contributed by atoms with E-state index < -0.39 is 12.2 Å². The van der Waals surface area contributed by atoms with Gasteiger partial charge in [0, 0.05) is 24.0 Å². The van der Waals surface area contributed by atoms with E-state index in [1.54, 1.807) is 6.07 Å². The highest BCUT2D eigenvalue weighted by atomic mass is 16.3. The van der Waals surface area contributed by atoms with Crippen molar-refractivity contribution in [3.8, 4) is 0 Å². The number of likely N-dealkylation sites (tertiary alicyclic amines) is 1. The van der Waals surface area contributed by atoms with Gasteiger partial charge in [0.15, 0.2) is 0 Å². The first-order chi connectivity index (χ1) is 8.65. The summed E-state index contributed by atoms with van der Waals surface area (Å²) in [5.74, 6) is -0.193. The van der Waals surface area contributed by atoms with Gasteiger partial charge in [0.05, 0.1) is 12.2 Å². The highest BCUT2D eigenvalue weighted by Crippen LogP contribution is 2.18. The lowest BCUT2D eigenvalue weighted by Gasteiger charge is -2.13. The van der Waals surface area contributed by atoms with Crippen molar-refractivity contribution in [2.75, 3.05) is 13.1 Å². The van der Waals surface area contributed by atoms with Gasteiger partial charge in [-0.25, -0.2) is 0 Å². The molecule has 0 saturated carbocycles. The molecule has 94 valence electrons. The fourth-order valence-electron chi connectivity index (χ4n) is 2.29. The molecule has 18 heavy (non-hydrogen) atoms. The molecule has 0 radical (unpaired) electrons. The van der Waals surface area contributed by atoms with E-state index in [0.29, 0.717) is 5.69 Å². The summed E-state index contributed by atoms with van der Waals surface area (Å²) in [6.45, 7) is 0.352. The van der Waals surface area contributed by atoms with Crippen molar-refractivity contribution >= 4 is 16.8 Å². The summed E-state index contributed by atoms with van der Waals surface area (Å²) in [6, 6.07) is 9.43. The average molecular weight is 246 g/mol. The Labute approximate surface area is 104 Å². The Hall–Kier alpha value is -1.85. The van der Waals surface area contributed by atoms with Gasteiger partial charge >= 0.3 is 0 Å². The monoisotopic (exact) mass is 246 g/mol. The Bertz CT molecular complexity index is 550. The van der Waals surface area contributed by atoms with Crippen molar-refractivity contribution in [1.29, 1.82) is 0 Å². The third-order valence-corrected chi connectivity index (χ3v) is 3.31. The molecule has 2 aromatic rings. The molecule has 5 heteroatoms. The third kappa shape index (κ3) is 1.77. The molecule has 0 spiro atoms. The fourth-order valence-corrected chi connectivity index (χ4v) is 2.29. The van der Waals surface area contributed by atoms with Crippen molar-refractivity contribution in [3.05, 3.63) is 36.0 Å². The summed E-state index contributed by atoms with van der Waals surface area (Å²) >= 11 is 0. The Kier molecular flexibility index (Phi) is 2.57. The molecule has 1 aromatic carbocycles.